The fourth-order valence-electron chi connectivity index (χ4n) is 2.29. The number of rotatable bonds is 8. The van der Waals surface area contributed by atoms with E-state index in [1.54, 1.807) is 0 Å². The Hall–Kier alpha value is 0.917. The first kappa shape index (κ1) is 13.9. The third-order valence-corrected chi connectivity index (χ3v) is 9.88. The predicted molar refractivity (Wildman–Crippen MR) is 73.3 cm³/mol. The zero-order valence-electron chi connectivity index (χ0n) is 9.05. The normalized spacial score (nSPS) is 12.0. The Balaban J connectivity index is 4.19. The molecule has 0 rings (SSSR count). The van der Waals surface area contributed by atoms with Gasteiger partial charge < -0.3 is 0 Å². The quantitative estimate of drug-likeness (QED) is 0.460. The molecule has 0 N–H and O–H groups in total. The van der Waals surface area contributed by atoms with Crippen molar-refractivity contribution >= 4 is 33.3 Å². The molecule has 13 heavy (non-hydrogen) atoms. The van der Waals surface area contributed by atoms with Crippen LogP contribution in [0.1, 0.15) is 26.7 Å². The van der Waals surface area contributed by atoms with Gasteiger partial charge in [0.2, 0.25) is 0 Å². The second-order valence-electron chi connectivity index (χ2n) is 3.95. The summed E-state index contributed by atoms with van der Waals surface area (Å²) in [5, 5.41) is 0. The Bertz CT molecular complexity index is 88.0. The SMILES string of the molecule is CCC[Si](CCC)(CCS)CCS. The minimum absolute atomic E-state index is 0.948. The molecular formula is C10H24S2Si. The maximum Gasteiger partial charge on any atom is 0.0551 e. The van der Waals surface area contributed by atoms with Crippen LogP contribution in [0.4, 0.5) is 0 Å². The summed E-state index contributed by atoms with van der Waals surface area (Å²) in [6.07, 6.45) is 2.71. The lowest BCUT2D eigenvalue weighted by molar-refractivity contribution is 0.947. The molecule has 0 aliphatic carbocycles. The van der Waals surface area contributed by atoms with Gasteiger partial charge in [-0.1, -0.05) is 38.8 Å². The minimum atomic E-state index is -0.948. The lowest BCUT2D eigenvalue weighted by Gasteiger charge is -2.30. The minimum Gasteiger partial charge on any atom is -0.180 e. The van der Waals surface area contributed by atoms with Crippen molar-refractivity contribution in [2.24, 2.45) is 0 Å². The van der Waals surface area contributed by atoms with Crippen molar-refractivity contribution in [2.45, 2.75) is 50.9 Å². The zero-order chi connectivity index (χ0) is 10.2. The van der Waals surface area contributed by atoms with Gasteiger partial charge in [-0.25, -0.2) is 0 Å². The van der Waals surface area contributed by atoms with E-state index in [0.717, 1.165) is 11.5 Å². The van der Waals surface area contributed by atoms with Crippen molar-refractivity contribution in [3.05, 3.63) is 0 Å². The topological polar surface area (TPSA) is 0 Å². The molecule has 0 aliphatic rings. The number of thiol groups is 2. The first-order valence-electron chi connectivity index (χ1n) is 5.46. The van der Waals surface area contributed by atoms with Gasteiger partial charge in [0.1, 0.15) is 0 Å². The van der Waals surface area contributed by atoms with E-state index in [1.165, 1.54) is 37.0 Å². The van der Waals surface area contributed by atoms with Crippen LogP contribution in [0.5, 0.6) is 0 Å². The average Bonchev–Trinajstić information content (AvgIpc) is 2.06. The zero-order valence-corrected chi connectivity index (χ0v) is 11.8. The van der Waals surface area contributed by atoms with Crippen molar-refractivity contribution in [3.63, 3.8) is 0 Å². The molecule has 0 saturated heterocycles. The first-order valence-corrected chi connectivity index (χ1v) is 9.55. The first-order chi connectivity index (χ1) is 6.24. The highest BCUT2D eigenvalue weighted by Crippen LogP contribution is 2.29. The third-order valence-electron chi connectivity index (χ3n) is 2.84. The van der Waals surface area contributed by atoms with E-state index >= 15 is 0 Å². The molecule has 0 atom stereocenters. The third kappa shape index (κ3) is 5.38. The second-order valence-corrected chi connectivity index (χ2v) is 9.84. The molecule has 0 bridgehead atoms. The van der Waals surface area contributed by atoms with Crippen LogP contribution in [0.25, 0.3) is 0 Å². The number of hydrogen-bond donors (Lipinski definition) is 2. The van der Waals surface area contributed by atoms with E-state index < -0.39 is 8.07 Å². The average molecular weight is 237 g/mol. The molecule has 0 aromatic carbocycles. The van der Waals surface area contributed by atoms with Gasteiger partial charge in [-0.3, -0.25) is 0 Å². The Morgan fingerprint density at radius 2 is 1.15 bits per heavy atom. The van der Waals surface area contributed by atoms with Crippen LogP contribution < -0.4 is 0 Å². The molecule has 0 heterocycles. The Labute approximate surface area is 95.7 Å². The summed E-state index contributed by atoms with van der Waals surface area (Å²) in [4.78, 5) is 0. The fourth-order valence-corrected chi connectivity index (χ4v) is 9.70. The van der Waals surface area contributed by atoms with E-state index in [1.807, 2.05) is 0 Å². The van der Waals surface area contributed by atoms with Crippen LogP contribution in [0.15, 0.2) is 0 Å². The van der Waals surface area contributed by atoms with E-state index in [2.05, 4.69) is 39.1 Å². The van der Waals surface area contributed by atoms with Crippen molar-refractivity contribution in [3.8, 4) is 0 Å². The maximum atomic E-state index is 4.40. The Morgan fingerprint density at radius 3 is 1.38 bits per heavy atom. The van der Waals surface area contributed by atoms with Gasteiger partial charge in [0.05, 0.1) is 8.07 Å². The molecule has 0 radical (unpaired) electrons. The molecule has 0 aromatic rings. The monoisotopic (exact) mass is 236 g/mol. The second kappa shape index (κ2) is 8.24. The van der Waals surface area contributed by atoms with Crippen LogP contribution in [-0.4, -0.2) is 19.6 Å². The summed E-state index contributed by atoms with van der Waals surface area (Å²) in [7, 11) is -0.948. The molecule has 0 aliphatic heterocycles. The highest BCUT2D eigenvalue weighted by molar-refractivity contribution is 7.80. The van der Waals surface area contributed by atoms with Crippen molar-refractivity contribution in [1.29, 1.82) is 0 Å². The summed E-state index contributed by atoms with van der Waals surface area (Å²) in [5.74, 6) is 2.17. The molecular weight excluding hydrogens is 212 g/mol. The summed E-state index contributed by atoms with van der Waals surface area (Å²) in [6, 6.07) is 5.78. The lowest BCUT2D eigenvalue weighted by atomic mass is 10.6. The summed E-state index contributed by atoms with van der Waals surface area (Å²) in [6.45, 7) is 4.63. The molecule has 0 unspecified atom stereocenters. The summed E-state index contributed by atoms with van der Waals surface area (Å²) >= 11 is 8.80. The summed E-state index contributed by atoms with van der Waals surface area (Å²) in [5.41, 5.74) is 0. The highest BCUT2D eigenvalue weighted by Gasteiger charge is 2.28. The maximum absolute atomic E-state index is 4.40. The van der Waals surface area contributed by atoms with Crippen molar-refractivity contribution in [2.75, 3.05) is 11.5 Å². The van der Waals surface area contributed by atoms with Crippen LogP contribution in [-0.2, 0) is 0 Å². The van der Waals surface area contributed by atoms with E-state index in [-0.39, 0.29) is 0 Å². The highest BCUT2D eigenvalue weighted by atomic mass is 32.1. The molecule has 0 amide bonds. The van der Waals surface area contributed by atoms with Crippen LogP contribution in [0.2, 0.25) is 24.2 Å². The van der Waals surface area contributed by atoms with Crippen molar-refractivity contribution < 1.29 is 0 Å². The largest absolute Gasteiger partial charge is 0.180 e. The van der Waals surface area contributed by atoms with E-state index in [4.69, 9.17) is 0 Å². The van der Waals surface area contributed by atoms with Gasteiger partial charge in [0.15, 0.2) is 0 Å². The van der Waals surface area contributed by atoms with Crippen molar-refractivity contribution in [1.82, 2.24) is 0 Å². The molecule has 0 aromatic heterocycles. The predicted octanol–water partition coefficient (Wildman–Crippen LogP) is 4.11. The fraction of sp³-hybridized carbons (Fsp3) is 1.00. The van der Waals surface area contributed by atoms with E-state index in [9.17, 15) is 0 Å². The molecule has 0 saturated carbocycles. The Morgan fingerprint density at radius 1 is 0.769 bits per heavy atom. The van der Waals surface area contributed by atoms with Gasteiger partial charge in [-0.2, -0.15) is 25.3 Å². The van der Waals surface area contributed by atoms with E-state index in [0.29, 0.717) is 0 Å². The Kier molecular flexibility index (Phi) is 8.83. The van der Waals surface area contributed by atoms with Gasteiger partial charge in [0.25, 0.3) is 0 Å². The van der Waals surface area contributed by atoms with Crippen LogP contribution >= 0.6 is 25.3 Å². The standard InChI is InChI=1S/C10H24S2Si/c1-3-7-13(8-4-2,9-5-11)10-6-12/h11-12H,3-10H2,1-2H3. The van der Waals surface area contributed by atoms with Crippen LogP contribution in [0, 0.1) is 0 Å². The van der Waals surface area contributed by atoms with Gasteiger partial charge in [-0.05, 0) is 23.6 Å². The number of hydrogen-bond acceptors (Lipinski definition) is 2. The smallest absolute Gasteiger partial charge is 0.0551 e. The molecule has 0 fully saturated rings. The van der Waals surface area contributed by atoms with Crippen LogP contribution in [0.3, 0.4) is 0 Å². The van der Waals surface area contributed by atoms with Gasteiger partial charge in [-0.15, -0.1) is 0 Å². The van der Waals surface area contributed by atoms with Gasteiger partial charge >= 0.3 is 0 Å². The lowest BCUT2D eigenvalue weighted by Crippen LogP contribution is -2.34. The van der Waals surface area contributed by atoms with Gasteiger partial charge in [0, 0.05) is 0 Å². The molecule has 0 spiro atoms. The molecule has 0 nitrogen and oxygen atoms in total. The molecule has 80 valence electrons. The molecule has 3 heteroatoms. The summed E-state index contributed by atoms with van der Waals surface area (Å²) < 4.78 is 0.